The second-order valence-corrected chi connectivity index (χ2v) is 4.36. The zero-order valence-electron chi connectivity index (χ0n) is 8.32. The van der Waals surface area contributed by atoms with E-state index in [0.29, 0.717) is 0 Å². The third-order valence-corrected chi connectivity index (χ3v) is 3.02. The molecule has 2 rings (SSSR count). The molecule has 0 radical (unpaired) electrons. The lowest BCUT2D eigenvalue weighted by atomic mass is 10.1. The molecule has 0 fully saturated rings. The molecule has 0 aliphatic heterocycles. The van der Waals surface area contributed by atoms with Crippen LogP contribution >= 0.6 is 11.3 Å². The van der Waals surface area contributed by atoms with Gasteiger partial charge in [-0.05, 0) is 18.9 Å². The van der Waals surface area contributed by atoms with Gasteiger partial charge in [0.05, 0.1) is 0 Å². The van der Waals surface area contributed by atoms with Gasteiger partial charge in [0.15, 0.2) is 0 Å². The number of aromatic nitrogens is 2. The van der Waals surface area contributed by atoms with Crippen LogP contribution in [-0.4, -0.2) is 10.2 Å². The van der Waals surface area contributed by atoms with Crippen molar-refractivity contribution < 1.29 is 0 Å². The SMILES string of the molecule is CCc1ccc(-c2nnc(C)s2)cc1. The first-order chi connectivity index (χ1) is 6.79. The average molecular weight is 204 g/mol. The van der Waals surface area contributed by atoms with Crippen LogP contribution in [0.15, 0.2) is 24.3 Å². The summed E-state index contributed by atoms with van der Waals surface area (Å²) in [5, 5.41) is 10.1. The van der Waals surface area contributed by atoms with Crippen molar-refractivity contribution >= 4 is 11.3 Å². The fraction of sp³-hybridized carbons (Fsp3) is 0.273. The van der Waals surface area contributed by atoms with Crippen LogP contribution in [0.25, 0.3) is 10.6 Å². The Bertz CT molecular complexity index is 417. The second-order valence-electron chi connectivity index (χ2n) is 3.18. The summed E-state index contributed by atoms with van der Waals surface area (Å²) in [4.78, 5) is 0. The summed E-state index contributed by atoms with van der Waals surface area (Å²) in [5.74, 6) is 0. The van der Waals surface area contributed by atoms with Gasteiger partial charge >= 0.3 is 0 Å². The zero-order chi connectivity index (χ0) is 9.97. The Kier molecular flexibility index (Phi) is 2.59. The largest absolute Gasteiger partial charge is 0.147 e. The predicted octanol–water partition coefficient (Wildman–Crippen LogP) is 3.08. The van der Waals surface area contributed by atoms with Gasteiger partial charge in [-0.1, -0.05) is 42.5 Å². The quantitative estimate of drug-likeness (QED) is 0.751. The van der Waals surface area contributed by atoms with Crippen LogP contribution in [0.5, 0.6) is 0 Å². The summed E-state index contributed by atoms with van der Waals surface area (Å²) < 4.78 is 0. The van der Waals surface area contributed by atoms with Gasteiger partial charge < -0.3 is 0 Å². The van der Waals surface area contributed by atoms with Crippen molar-refractivity contribution in [2.45, 2.75) is 20.3 Å². The minimum atomic E-state index is 1.00. The second kappa shape index (κ2) is 3.88. The average Bonchev–Trinajstić information content (AvgIpc) is 2.65. The molecule has 0 saturated heterocycles. The van der Waals surface area contributed by atoms with Gasteiger partial charge in [-0.3, -0.25) is 0 Å². The summed E-state index contributed by atoms with van der Waals surface area (Å²) in [7, 11) is 0. The highest BCUT2D eigenvalue weighted by atomic mass is 32.1. The first-order valence-electron chi connectivity index (χ1n) is 4.69. The topological polar surface area (TPSA) is 25.8 Å². The molecular formula is C11H12N2S. The van der Waals surface area contributed by atoms with Crippen LogP contribution in [0, 0.1) is 6.92 Å². The van der Waals surface area contributed by atoms with Crippen molar-refractivity contribution in [3.8, 4) is 10.6 Å². The van der Waals surface area contributed by atoms with Gasteiger partial charge in [-0.15, -0.1) is 10.2 Å². The Labute approximate surface area is 87.6 Å². The van der Waals surface area contributed by atoms with E-state index in [2.05, 4.69) is 41.4 Å². The Morgan fingerprint density at radius 3 is 2.36 bits per heavy atom. The van der Waals surface area contributed by atoms with Gasteiger partial charge in [-0.25, -0.2) is 0 Å². The van der Waals surface area contributed by atoms with Crippen molar-refractivity contribution in [2.24, 2.45) is 0 Å². The van der Waals surface area contributed by atoms with E-state index in [1.165, 1.54) is 5.56 Å². The van der Waals surface area contributed by atoms with E-state index in [4.69, 9.17) is 0 Å². The summed E-state index contributed by atoms with van der Waals surface area (Å²) in [6.45, 7) is 4.13. The van der Waals surface area contributed by atoms with E-state index >= 15 is 0 Å². The molecule has 0 unspecified atom stereocenters. The standard InChI is InChI=1S/C11H12N2S/c1-3-9-4-6-10(7-5-9)11-13-12-8(2)14-11/h4-7H,3H2,1-2H3. The fourth-order valence-corrected chi connectivity index (χ4v) is 1.99. The van der Waals surface area contributed by atoms with Crippen LogP contribution in [0.3, 0.4) is 0 Å². The highest BCUT2D eigenvalue weighted by Gasteiger charge is 2.02. The molecule has 2 nitrogen and oxygen atoms in total. The molecule has 2 aromatic rings. The number of nitrogens with zero attached hydrogens (tertiary/aromatic N) is 2. The highest BCUT2D eigenvalue weighted by molar-refractivity contribution is 7.14. The molecule has 0 amide bonds. The molecule has 1 aromatic carbocycles. The van der Waals surface area contributed by atoms with E-state index in [9.17, 15) is 0 Å². The highest BCUT2D eigenvalue weighted by Crippen LogP contribution is 2.23. The van der Waals surface area contributed by atoms with Crippen molar-refractivity contribution in [1.82, 2.24) is 10.2 Å². The molecule has 72 valence electrons. The molecule has 3 heteroatoms. The van der Waals surface area contributed by atoms with Crippen LogP contribution < -0.4 is 0 Å². The van der Waals surface area contributed by atoms with Crippen LogP contribution in [0.4, 0.5) is 0 Å². The van der Waals surface area contributed by atoms with Crippen LogP contribution in [-0.2, 0) is 6.42 Å². The smallest absolute Gasteiger partial charge is 0.143 e. The van der Waals surface area contributed by atoms with Gasteiger partial charge in [0.2, 0.25) is 0 Å². The summed E-state index contributed by atoms with van der Waals surface area (Å²) >= 11 is 1.63. The maximum atomic E-state index is 4.11. The normalized spacial score (nSPS) is 10.4. The van der Waals surface area contributed by atoms with E-state index in [0.717, 1.165) is 22.0 Å². The van der Waals surface area contributed by atoms with Crippen molar-refractivity contribution in [1.29, 1.82) is 0 Å². The Hall–Kier alpha value is -1.22. The van der Waals surface area contributed by atoms with Gasteiger partial charge in [0, 0.05) is 5.56 Å². The lowest BCUT2D eigenvalue weighted by Crippen LogP contribution is -1.80. The Morgan fingerprint density at radius 1 is 1.14 bits per heavy atom. The molecule has 1 heterocycles. The molecule has 0 aliphatic carbocycles. The first-order valence-corrected chi connectivity index (χ1v) is 5.50. The van der Waals surface area contributed by atoms with Gasteiger partial charge in [0.25, 0.3) is 0 Å². The van der Waals surface area contributed by atoms with Crippen molar-refractivity contribution in [2.75, 3.05) is 0 Å². The Morgan fingerprint density at radius 2 is 1.86 bits per heavy atom. The Balaban J connectivity index is 2.33. The maximum Gasteiger partial charge on any atom is 0.147 e. The van der Waals surface area contributed by atoms with E-state index < -0.39 is 0 Å². The molecule has 0 atom stereocenters. The molecular weight excluding hydrogens is 192 g/mol. The molecule has 0 N–H and O–H groups in total. The van der Waals surface area contributed by atoms with Crippen molar-refractivity contribution in [3.05, 3.63) is 34.8 Å². The summed E-state index contributed by atoms with van der Waals surface area (Å²) in [5.41, 5.74) is 2.52. The third-order valence-electron chi connectivity index (χ3n) is 2.14. The zero-order valence-corrected chi connectivity index (χ0v) is 9.14. The molecule has 0 bridgehead atoms. The minimum Gasteiger partial charge on any atom is -0.143 e. The van der Waals surface area contributed by atoms with Gasteiger partial charge in [-0.2, -0.15) is 0 Å². The summed E-state index contributed by atoms with van der Waals surface area (Å²) in [6.07, 6.45) is 1.08. The van der Waals surface area contributed by atoms with Crippen LogP contribution in [0.2, 0.25) is 0 Å². The number of hydrogen-bond donors (Lipinski definition) is 0. The molecule has 14 heavy (non-hydrogen) atoms. The summed E-state index contributed by atoms with van der Waals surface area (Å²) in [6, 6.07) is 8.51. The van der Waals surface area contributed by atoms with E-state index in [1.807, 2.05) is 6.92 Å². The number of aryl methyl sites for hydroxylation is 2. The number of hydrogen-bond acceptors (Lipinski definition) is 3. The predicted molar refractivity (Wildman–Crippen MR) is 59.5 cm³/mol. The van der Waals surface area contributed by atoms with Crippen molar-refractivity contribution in [3.63, 3.8) is 0 Å². The minimum absolute atomic E-state index is 1.00. The monoisotopic (exact) mass is 204 g/mol. The molecule has 0 saturated carbocycles. The molecule has 1 aromatic heterocycles. The first kappa shape index (κ1) is 9.34. The van der Waals surface area contributed by atoms with E-state index in [1.54, 1.807) is 11.3 Å². The maximum absolute atomic E-state index is 4.11. The third kappa shape index (κ3) is 1.82. The fourth-order valence-electron chi connectivity index (χ4n) is 1.30. The van der Waals surface area contributed by atoms with Crippen LogP contribution in [0.1, 0.15) is 17.5 Å². The number of rotatable bonds is 2. The van der Waals surface area contributed by atoms with E-state index in [-0.39, 0.29) is 0 Å². The van der Waals surface area contributed by atoms with Gasteiger partial charge in [0.1, 0.15) is 10.0 Å². The molecule has 0 aliphatic rings. The molecule has 0 spiro atoms. The lowest BCUT2D eigenvalue weighted by Gasteiger charge is -1.97. The number of benzene rings is 1. The lowest BCUT2D eigenvalue weighted by molar-refractivity contribution is 1.05.